The van der Waals surface area contributed by atoms with Crippen LogP contribution < -0.4 is 14.8 Å². The first-order chi connectivity index (χ1) is 12.0. The van der Waals surface area contributed by atoms with Gasteiger partial charge in [-0.05, 0) is 30.9 Å². The molecule has 25 heavy (non-hydrogen) atoms. The van der Waals surface area contributed by atoms with Crippen molar-refractivity contribution in [3.8, 4) is 11.5 Å². The first-order valence-corrected chi connectivity index (χ1v) is 8.75. The molecule has 1 aliphatic heterocycles. The number of nitrogens with zero attached hydrogens (tertiary/aromatic N) is 1. The van der Waals surface area contributed by atoms with E-state index in [4.69, 9.17) is 9.47 Å². The zero-order chi connectivity index (χ0) is 18.4. The number of piperidine rings is 1. The number of hydrogen-bond donors (Lipinski definition) is 1. The van der Waals surface area contributed by atoms with E-state index in [1.807, 2.05) is 18.7 Å². The second kappa shape index (κ2) is 8.74. The third-order valence-electron chi connectivity index (χ3n) is 4.41. The van der Waals surface area contributed by atoms with Crippen molar-refractivity contribution >= 4 is 11.8 Å². The number of para-hydroxylation sites is 1. The van der Waals surface area contributed by atoms with Crippen LogP contribution in [0.25, 0.3) is 0 Å². The van der Waals surface area contributed by atoms with E-state index in [1.54, 1.807) is 25.3 Å². The SMILES string of the molecule is COc1cccc(C(=O)NC2CCN(C(=O)CC(C)C)CC2)c1OC. The first kappa shape index (κ1) is 19.1. The highest BCUT2D eigenvalue weighted by Crippen LogP contribution is 2.30. The van der Waals surface area contributed by atoms with E-state index in [-0.39, 0.29) is 17.9 Å². The van der Waals surface area contributed by atoms with E-state index in [2.05, 4.69) is 5.32 Å². The molecule has 0 bridgehead atoms. The number of benzene rings is 1. The molecule has 6 nitrogen and oxygen atoms in total. The number of rotatable bonds is 6. The van der Waals surface area contributed by atoms with Gasteiger partial charge in [0.1, 0.15) is 0 Å². The molecule has 0 saturated carbocycles. The van der Waals surface area contributed by atoms with E-state index < -0.39 is 0 Å². The van der Waals surface area contributed by atoms with Gasteiger partial charge in [0.2, 0.25) is 5.91 Å². The van der Waals surface area contributed by atoms with Crippen molar-refractivity contribution in [1.82, 2.24) is 10.2 Å². The van der Waals surface area contributed by atoms with Crippen molar-refractivity contribution in [3.05, 3.63) is 23.8 Å². The molecule has 1 heterocycles. The van der Waals surface area contributed by atoms with Crippen molar-refractivity contribution in [3.63, 3.8) is 0 Å². The average molecular weight is 348 g/mol. The molecule has 0 aromatic heterocycles. The number of amides is 2. The lowest BCUT2D eigenvalue weighted by Gasteiger charge is -2.33. The fourth-order valence-corrected chi connectivity index (χ4v) is 3.08. The Balaban J connectivity index is 1.94. The van der Waals surface area contributed by atoms with Crippen LogP contribution in [0, 0.1) is 5.92 Å². The Labute approximate surface area is 149 Å². The molecule has 1 aliphatic rings. The lowest BCUT2D eigenvalue weighted by molar-refractivity contribution is -0.133. The molecule has 1 aromatic rings. The van der Waals surface area contributed by atoms with Crippen LogP contribution >= 0.6 is 0 Å². The fourth-order valence-electron chi connectivity index (χ4n) is 3.08. The smallest absolute Gasteiger partial charge is 0.255 e. The molecule has 0 aliphatic carbocycles. The Hall–Kier alpha value is -2.24. The van der Waals surface area contributed by atoms with Gasteiger partial charge in [-0.1, -0.05) is 19.9 Å². The lowest BCUT2D eigenvalue weighted by Crippen LogP contribution is -2.46. The predicted octanol–water partition coefficient (Wildman–Crippen LogP) is 2.47. The monoisotopic (exact) mass is 348 g/mol. The highest BCUT2D eigenvalue weighted by molar-refractivity contribution is 5.98. The summed E-state index contributed by atoms with van der Waals surface area (Å²) in [5.41, 5.74) is 0.458. The molecule has 2 amide bonds. The predicted molar refractivity (Wildman–Crippen MR) is 96.1 cm³/mol. The molecule has 0 atom stereocenters. The van der Waals surface area contributed by atoms with Crippen LogP contribution in [0.2, 0.25) is 0 Å². The fraction of sp³-hybridized carbons (Fsp3) is 0.579. The summed E-state index contributed by atoms with van der Waals surface area (Å²) in [6, 6.07) is 5.31. The summed E-state index contributed by atoms with van der Waals surface area (Å²) in [5, 5.41) is 3.05. The number of hydrogen-bond acceptors (Lipinski definition) is 4. The quantitative estimate of drug-likeness (QED) is 0.857. The number of methoxy groups -OCH3 is 2. The number of carbonyl (C=O) groups excluding carboxylic acids is 2. The van der Waals surface area contributed by atoms with Gasteiger partial charge in [0.05, 0.1) is 19.8 Å². The van der Waals surface area contributed by atoms with Crippen molar-refractivity contribution in [2.75, 3.05) is 27.3 Å². The van der Waals surface area contributed by atoms with Gasteiger partial charge in [-0.25, -0.2) is 0 Å². The van der Waals surface area contributed by atoms with Gasteiger partial charge in [0, 0.05) is 25.6 Å². The number of nitrogens with one attached hydrogen (secondary N) is 1. The third-order valence-corrected chi connectivity index (χ3v) is 4.41. The van der Waals surface area contributed by atoms with Gasteiger partial charge in [-0.3, -0.25) is 9.59 Å². The molecule has 0 radical (unpaired) electrons. The zero-order valence-corrected chi connectivity index (χ0v) is 15.5. The standard InChI is InChI=1S/C19H28N2O4/c1-13(2)12-17(22)21-10-8-14(9-11-21)20-19(23)15-6-5-7-16(24-3)18(15)25-4/h5-7,13-14H,8-12H2,1-4H3,(H,20,23). The summed E-state index contributed by atoms with van der Waals surface area (Å²) in [6.07, 6.45) is 2.11. The second-order valence-corrected chi connectivity index (χ2v) is 6.77. The molecule has 2 rings (SSSR count). The summed E-state index contributed by atoms with van der Waals surface area (Å²) in [5.74, 6) is 1.36. The van der Waals surface area contributed by atoms with E-state index in [9.17, 15) is 9.59 Å². The van der Waals surface area contributed by atoms with Crippen LogP contribution in [0.15, 0.2) is 18.2 Å². The maximum absolute atomic E-state index is 12.6. The number of ether oxygens (including phenoxy) is 2. The van der Waals surface area contributed by atoms with Gasteiger partial charge < -0.3 is 19.7 Å². The van der Waals surface area contributed by atoms with Gasteiger partial charge in [-0.2, -0.15) is 0 Å². The van der Waals surface area contributed by atoms with Crippen LogP contribution in [0.3, 0.4) is 0 Å². The minimum atomic E-state index is -0.178. The summed E-state index contributed by atoms with van der Waals surface area (Å²) in [6.45, 7) is 5.47. The van der Waals surface area contributed by atoms with Crippen LogP contribution in [0.4, 0.5) is 0 Å². The lowest BCUT2D eigenvalue weighted by atomic mass is 10.0. The summed E-state index contributed by atoms with van der Waals surface area (Å²) < 4.78 is 10.6. The van der Waals surface area contributed by atoms with E-state index in [0.29, 0.717) is 42.5 Å². The Kier molecular flexibility index (Phi) is 6.67. The van der Waals surface area contributed by atoms with E-state index in [0.717, 1.165) is 12.8 Å². The van der Waals surface area contributed by atoms with Crippen LogP contribution in [0.1, 0.15) is 43.5 Å². The van der Waals surface area contributed by atoms with Gasteiger partial charge >= 0.3 is 0 Å². The highest BCUT2D eigenvalue weighted by atomic mass is 16.5. The minimum absolute atomic E-state index is 0.0616. The van der Waals surface area contributed by atoms with E-state index in [1.165, 1.54) is 7.11 Å². The zero-order valence-electron chi connectivity index (χ0n) is 15.5. The first-order valence-electron chi connectivity index (χ1n) is 8.75. The van der Waals surface area contributed by atoms with Gasteiger partial charge in [0.25, 0.3) is 5.91 Å². The summed E-state index contributed by atoms with van der Waals surface area (Å²) in [4.78, 5) is 26.6. The largest absolute Gasteiger partial charge is 0.493 e. The third kappa shape index (κ3) is 4.87. The Morgan fingerprint density at radius 3 is 2.44 bits per heavy atom. The van der Waals surface area contributed by atoms with Gasteiger partial charge in [-0.15, -0.1) is 0 Å². The van der Waals surface area contributed by atoms with Crippen molar-refractivity contribution < 1.29 is 19.1 Å². The Bertz CT molecular complexity index is 607. The number of likely N-dealkylation sites (tertiary alicyclic amines) is 1. The van der Waals surface area contributed by atoms with Gasteiger partial charge in [0.15, 0.2) is 11.5 Å². The number of carbonyl (C=O) groups is 2. The molecule has 6 heteroatoms. The summed E-state index contributed by atoms with van der Waals surface area (Å²) in [7, 11) is 3.07. The minimum Gasteiger partial charge on any atom is -0.493 e. The molecular weight excluding hydrogens is 320 g/mol. The van der Waals surface area contributed by atoms with Crippen LogP contribution in [-0.2, 0) is 4.79 Å². The Morgan fingerprint density at radius 1 is 1.20 bits per heavy atom. The van der Waals surface area contributed by atoms with Crippen molar-refractivity contribution in [2.24, 2.45) is 5.92 Å². The normalized spacial score (nSPS) is 15.2. The van der Waals surface area contributed by atoms with Crippen molar-refractivity contribution in [1.29, 1.82) is 0 Å². The molecule has 1 fully saturated rings. The highest BCUT2D eigenvalue weighted by Gasteiger charge is 2.25. The molecule has 138 valence electrons. The average Bonchev–Trinajstić information content (AvgIpc) is 2.60. The molecule has 1 N–H and O–H groups in total. The topological polar surface area (TPSA) is 67.9 Å². The van der Waals surface area contributed by atoms with Crippen LogP contribution in [0.5, 0.6) is 11.5 Å². The summed E-state index contributed by atoms with van der Waals surface area (Å²) >= 11 is 0. The molecule has 1 saturated heterocycles. The van der Waals surface area contributed by atoms with E-state index >= 15 is 0 Å². The maximum atomic E-state index is 12.6. The maximum Gasteiger partial charge on any atom is 0.255 e. The Morgan fingerprint density at radius 2 is 1.88 bits per heavy atom. The molecule has 0 spiro atoms. The van der Waals surface area contributed by atoms with Crippen molar-refractivity contribution in [2.45, 2.75) is 39.2 Å². The molecule has 1 aromatic carbocycles. The van der Waals surface area contributed by atoms with Crippen LogP contribution in [-0.4, -0.2) is 50.1 Å². The molecule has 0 unspecified atom stereocenters. The second-order valence-electron chi connectivity index (χ2n) is 6.77. The molecular formula is C19H28N2O4.